The Hall–Kier alpha value is -3.35. The average Bonchev–Trinajstić information content (AvgIpc) is 3.06. The van der Waals surface area contributed by atoms with Crippen LogP contribution in [-0.4, -0.2) is 22.8 Å². The van der Waals surface area contributed by atoms with E-state index in [1.807, 2.05) is 45.0 Å². The molecule has 0 saturated carbocycles. The lowest BCUT2D eigenvalue weighted by atomic mass is 10.0. The molecular formula is C20H22N4O3. The van der Waals surface area contributed by atoms with E-state index in [-0.39, 0.29) is 6.01 Å². The number of amides is 2. The van der Waals surface area contributed by atoms with E-state index < -0.39 is 6.03 Å². The molecule has 0 atom stereocenters. The fraction of sp³-hybridized carbons (Fsp3) is 0.250. The van der Waals surface area contributed by atoms with Crippen molar-refractivity contribution in [2.75, 3.05) is 17.2 Å². The smallest absolute Gasteiger partial charge is 0.327 e. The van der Waals surface area contributed by atoms with Gasteiger partial charge in [-0.25, -0.2) is 4.79 Å². The second-order valence-electron chi connectivity index (χ2n) is 6.12. The Morgan fingerprint density at radius 3 is 2.70 bits per heavy atom. The van der Waals surface area contributed by atoms with E-state index in [0.29, 0.717) is 30.4 Å². The lowest BCUT2D eigenvalue weighted by Crippen LogP contribution is -2.20. The summed E-state index contributed by atoms with van der Waals surface area (Å²) >= 11 is 0. The second kappa shape index (κ2) is 8.35. The zero-order valence-electron chi connectivity index (χ0n) is 15.6. The van der Waals surface area contributed by atoms with Gasteiger partial charge in [0.05, 0.1) is 18.7 Å². The third-order valence-corrected chi connectivity index (χ3v) is 3.96. The van der Waals surface area contributed by atoms with Crippen LogP contribution in [0.1, 0.15) is 29.5 Å². The van der Waals surface area contributed by atoms with Crippen LogP contribution in [0.5, 0.6) is 5.75 Å². The highest BCUT2D eigenvalue weighted by molar-refractivity contribution is 5.99. The van der Waals surface area contributed by atoms with Gasteiger partial charge in [0.1, 0.15) is 5.75 Å². The first kappa shape index (κ1) is 18.4. The number of carbonyl (C=O) groups excluding carboxylic acids is 1. The number of aryl methyl sites for hydroxylation is 2. The van der Waals surface area contributed by atoms with Crippen LogP contribution in [0.15, 0.2) is 46.9 Å². The van der Waals surface area contributed by atoms with Crippen molar-refractivity contribution in [1.82, 2.24) is 10.2 Å². The van der Waals surface area contributed by atoms with E-state index in [4.69, 9.17) is 9.15 Å². The molecule has 0 fully saturated rings. The minimum Gasteiger partial charge on any atom is -0.492 e. The quantitative estimate of drug-likeness (QED) is 0.678. The number of carbonyl (C=O) groups is 1. The standard InChI is InChI=1S/C20H22N4O3/c1-4-26-17-8-6-5-7-16(17)21-19(25)22-20-24-23-18(27-20)12-15-10-9-13(2)11-14(15)3/h5-11H,4,12H2,1-3H3,(H2,21,22,24,25). The number of anilines is 2. The summed E-state index contributed by atoms with van der Waals surface area (Å²) in [6, 6.07) is 12.9. The lowest BCUT2D eigenvalue weighted by Gasteiger charge is -2.10. The van der Waals surface area contributed by atoms with E-state index in [2.05, 4.69) is 26.9 Å². The van der Waals surface area contributed by atoms with Crippen molar-refractivity contribution in [2.24, 2.45) is 0 Å². The van der Waals surface area contributed by atoms with Crippen molar-refractivity contribution < 1.29 is 13.9 Å². The molecule has 3 aromatic rings. The Bertz CT molecular complexity index is 936. The monoisotopic (exact) mass is 366 g/mol. The van der Waals surface area contributed by atoms with Crippen LogP contribution in [0.2, 0.25) is 0 Å². The molecular weight excluding hydrogens is 344 g/mol. The van der Waals surface area contributed by atoms with Gasteiger partial charge in [0.25, 0.3) is 0 Å². The van der Waals surface area contributed by atoms with Crippen molar-refractivity contribution in [3.8, 4) is 5.75 Å². The van der Waals surface area contributed by atoms with Gasteiger partial charge in [-0.05, 0) is 44.0 Å². The second-order valence-corrected chi connectivity index (χ2v) is 6.12. The van der Waals surface area contributed by atoms with Crippen LogP contribution < -0.4 is 15.4 Å². The Labute approximate surface area is 157 Å². The maximum Gasteiger partial charge on any atom is 0.327 e. The highest BCUT2D eigenvalue weighted by Gasteiger charge is 2.13. The molecule has 7 nitrogen and oxygen atoms in total. The fourth-order valence-corrected chi connectivity index (χ4v) is 2.68. The molecule has 7 heteroatoms. The molecule has 0 saturated heterocycles. The number of urea groups is 1. The molecule has 140 valence electrons. The normalized spacial score (nSPS) is 10.5. The zero-order chi connectivity index (χ0) is 19.2. The van der Waals surface area contributed by atoms with Gasteiger partial charge in [0.2, 0.25) is 5.89 Å². The third-order valence-electron chi connectivity index (χ3n) is 3.96. The van der Waals surface area contributed by atoms with Crippen LogP contribution in [0, 0.1) is 13.8 Å². The molecule has 1 heterocycles. The van der Waals surface area contributed by atoms with Crippen molar-refractivity contribution in [3.05, 3.63) is 65.0 Å². The number of ether oxygens (including phenoxy) is 1. The number of para-hydroxylation sites is 2. The van der Waals surface area contributed by atoms with E-state index >= 15 is 0 Å². The Kier molecular flexibility index (Phi) is 5.71. The molecule has 2 aromatic carbocycles. The van der Waals surface area contributed by atoms with Gasteiger partial charge in [-0.3, -0.25) is 5.32 Å². The number of nitrogens with one attached hydrogen (secondary N) is 2. The number of aromatic nitrogens is 2. The number of benzene rings is 2. The van der Waals surface area contributed by atoms with E-state index in [9.17, 15) is 4.79 Å². The first-order valence-electron chi connectivity index (χ1n) is 8.73. The molecule has 0 radical (unpaired) electrons. The first-order chi connectivity index (χ1) is 13.0. The van der Waals surface area contributed by atoms with Crippen LogP contribution in [-0.2, 0) is 6.42 Å². The molecule has 1 aromatic heterocycles. The fourth-order valence-electron chi connectivity index (χ4n) is 2.68. The van der Waals surface area contributed by atoms with Gasteiger partial charge in [0, 0.05) is 0 Å². The lowest BCUT2D eigenvalue weighted by molar-refractivity contribution is 0.261. The zero-order valence-corrected chi connectivity index (χ0v) is 15.6. The highest BCUT2D eigenvalue weighted by Crippen LogP contribution is 2.24. The van der Waals surface area contributed by atoms with Gasteiger partial charge >= 0.3 is 12.0 Å². The van der Waals surface area contributed by atoms with Crippen LogP contribution in [0.25, 0.3) is 0 Å². The van der Waals surface area contributed by atoms with E-state index in [1.165, 1.54) is 5.56 Å². The van der Waals surface area contributed by atoms with Gasteiger partial charge in [-0.2, -0.15) is 0 Å². The van der Waals surface area contributed by atoms with Crippen molar-refractivity contribution in [3.63, 3.8) is 0 Å². The predicted molar refractivity (Wildman–Crippen MR) is 103 cm³/mol. The predicted octanol–water partition coefficient (Wildman–Crippen LogP) is 4.32. The Morgan fingerprint density at radius 1 is 1.11 bits per heavy atom. The van der Waals surface area contributed by atoms with Crippen LogP contribution in [0.4, 0.5) is 16.5 Å². The maximum atomic E-state index is 12.2. The molecule has 27 heavy (non-hydrogen) atoms. The van der Waals surface area contributed by atoms with Gasteiger partial charge in [-0.15, -0.1) is 5.10 Å². The van der Waals surface area contributed by atoms with Gasteiger partial charge in [-0.1, -0.05) is 41.0 Å². The summed E-state index contributed by atoms with van der Waals surface area (Å²) in [6.07, 6.45) is 0.510. The molecule has 3 rings (SSSR count). The summed E-state index contributed by atoms with van der Waals surface area (Å²) in [5.74, 6) is 1.03. The topological polar surface area (TPSA) is 89.3 Å². The maximum absolute atomic E-state index is 12.2. The molecule has 0 bridgehead atoms. The summed E-state index contributed by atoms with van der Waals surface area (Å²) in [5, 5.41) is 13.1. The largest absolute Gasteiger partial charge is 0.492 e. The molecule has 0 unspecified atom stereocenters. The minimum atomic E-state index is -0.483. The minimum absolute atomic E-state index is 0.0427. The summed E-state index contributed by atoms with van der Waals surface area (Å²) in [5.41, 5.74) is 4.03. The van der Waals surface area contributed by atoms with Crippen LogP contribution >= 0.6 is 0 Å². The Morgan fingerprint density at radius 2 is 1.93 bits per heavy atom. The number of hydrogen-bond acceptors (Lipinski definition) is 5. The number of nitrogens with zero attached hydrogens (tertiary/aromatic N) is 2. The Balaban J connectivity index is 1.63. The van der Waals surface area contributed by atoms with Gasteiger partial charge in [0.15, 0.2) is 0 Å². The summed E-state index contributed by atoms with van der Waals surface area (Å²) < 4.78 is 11.0. The van der Waals surface area contributed by atoms with E-state index in [1.54, 1.807) is 12.1 Å². The highest BCUT2D eigenvalue weighted by atomic mass is 16.5. The number of hydrogen-bond donors (Lipinski definition) is 2. The first-order valence-corrected chi connectivity index (χ1v) is 8.73. The van der Waals surface area contributed by atoms with Crippen molar-refractivity contribution in [2.45, 2.75) is 27.2 Å². The summed E-state index contributed by atoms with van der Waals surface area (Å²) in [6.45, 7) is 6.48. The molecule has 0 aliphatic rings. The van der Waals surface area contributed by atoms with Crippen molar-refractivity contribution in [1.29, 1.82) is 0 Å². The summed E-state index contributed by atoms with van der Waals surface area (Å²) in [4.78, 5) is 12.2. The molecule has 0 aliphatic carbocycles. The average molecular weight is 366 g/mol. The third kappa shape index (κ3) is 4.84. The SMILES string of the molecule is CCOc1ccccc1NC(=O)Nc1nnc(Cc2ccc(C)cc2C)o1. The number of rotatable bonds is 6. The molecule has 0 spiro atoms. The van der Waals surface area contributed by atoms with Gasteiger partial charge < -0.3 is 14.5 Å². The van der Waals surface area contributed by atoms with Crippen LogP contribution in [0.3, 0.4) is 0 Å². The molecule has 0 aliphatic heterocycles. The summed E-state index contributed by atoms with van der Waals surface area (Å²) in [7, 11) is 0. The van der Waals surface area contributed by atoms with E-state index in [0.717, 1.165) is 11.1 Å². The molecule has 2 amide bonds. The van der Waals surface area contributed by atoms with Crippen molar-refractivity contribution >= 4 is 17.7 Å². The molecule has 2 N–H and O–H groups in total.